The number of aryl methyl sites for hydroxylation is 1. The van der Waals surface area contributed by atoms with Gasteiger partial charge in [0.05, 0.1) is 11.1 Å². The van der Waals surface area contributed by atoms with E-state index in [0.29, 0.717) is 18.8 Å². The van der Waals surface area contributed by atoms with Crippen LogP contribution in [0.1, 0.15) is 30.3 Å². The molecule has 106 valence electrons. The molecule has 1 fully saturated rings. The Bertz CT molecular complexity index is 660. The molecule has 5 heteroatoms. The first-order chi connectivity index (χ1) is 9.48. The number of benzene rings is 1. The van der Waals surface area contributed by atoms with Crippen LogP contribution in [0.3, 0.4) is 0 Å². The number of carbonyl (C=O) groups is 1. The highest BCUT2D eigenvalue weighted by molar-refractivity contribution is 6.04. The Hall–Kier alpha value is -1.88. The van der Waals surface area contributed by atoms with Crippen LogP contribution in [-0.4, -0.2) is 44.4 Å². The van der Waals surface area contributed by atoms with E-state index in [0.717, 1.165) is 23.7 Å². The van der Waals surface area contributed by atoms with Gasteiger partial charge in [-0.3, -0.25) is 9.48 Å². The molecule has 3 rings (SSSR count). The Labute approximate surface area is 117 Å². The molecule has 1 aromatic heterocycles. The molecule has 1 N–H and O–H groups in total. The summed E-state index contributed by atoms with van der Waals surface area (Å²) in [6, 6.07) is 7.71. The molecule has 1 aromatic carbocycles. The van der Waals surface area contributed by atoms with Crippen molar-refractivity contribution in [1.29, 1.82) is 0 Å². The van der Waals surface area contributed by atoms with Gasteiger partial charge in [-0.2, -0.15) is 5.10 Å². The summed E-state index contributed by atoms with van der Waals surface area (Å²) in [5.41, 5.74) is 0.624. The Balaban J connectivity index is 1.97. The van der Waals surface area contributed by atoms with E-state index in [1.54, 1.807) is 16.5 Å². The van der Waals surface area contributed by atoms with Crippen molar-refractivity contribution in [3.05, 3.63) is 30.0 Å². The number of para-hydroxylation sites is 1. The molecular formula is C15H19N3O2. The van der Waals surface area contributed by atoms with Gasteiger partial charge in [0.15, 0.2) is 5.69 Å². The molecule has 5 nitrogen and oxygen atoms in total. The number of amides is 1. The maximum absolute atomic E-state index is 12.7. The lowest BCUT2D eigenvalue weighted by Crippen LogP contribution is -2.48. The predicted octanol–water partition coefficient (Wildman–Crippen LogP) is 1.56. The molecule has 1 amide bonds. The fourth-order valence-electron chi connectivity index (χ4n) is 2.91. The van der Waals surface area contributed by atoms with Crippen molar-refractivity contribution in [2.75, 3.05) is 13.1 Å². The first-order valence-electron chi connectivity index (χ1n) is 6.91. The molecule has 1 aliphatic rings. The summed E-state index contributed by atoms with van der Waals surface area (Å²) in [7, 11) is 1.84. The number of hydrogen-bond acceptors (Lipinski definition) is 3. The Morgan fingerprint density at radius 2 is 2.15 bits per heavy atom. The van der Waals surface area contributed by atoms with Crippen molar-refractivity contribution < 1.29 is 9.90 Å². The van der Waals surface area contributed by atoms with Crippen LogP contribution in [0.2, 0.25) is 0 Å². The Morgan fingerprint density at radius 1 is 1.40 bits per heavy atom. The lowest BCUT2D eigenvalue weighted by atomic mass is 9.95. The van der Waals surface area contributed by atoms with Crippen LogP contribution < -0.4 is 0 Å². The molecule has 0 aliphatic carbocycles. The number of aliphatic hydroxyl groups is 1. The van der Waals surface area contributed by atoms with E-state index in [4.69, 9.17) is 0 Å². The number of piperidine rings is 1. The summed E-state index contributed by atoms with van der Waals surface area (Å²) in [5.74, 6) is -0.0956. The summed E-state index contributed by atoms with van der Waals surface area (Å²) in [6.45, 7) is 2.83. The minimum absolute atomic E-state index is 0.0956. The Kier molecular flexibility index (Phi) is 3.01. The molecule has 0 saturated carbocycles. The molecule has 1 unspecified atom stereocenters. The van der Waals surface area contributed by atoms with Crippen molar-refractivity contribution >= 4 is 16.8 Å². The second-order valence-corrected chi connectivity index (χ2v) is 5.82. The summed E-state index contributed by atoms with van der Waals surface area (Å²) in [5, 5.41) is 15.4. The van der Waals surface area contributed by atoms with E-state index in [-0.39, 0.29) is 5.91 Å². The van der Waals surface area contributed by atoms with Crippen LogP contribution in [0.5, 0.6) is 0 Å². The summed E-state index contributed by atoms with van der Waals surface area (Å²) in [6.07, 6.45) is 1.56. The van der Waals surface area contributed by atoms with E-state index in [9.17, 15) is 9.90 Å². The smallest absolute Gasteiger partial charge is 0.275 e. The molecule has 1 saturated heterocycles. The van der Waals surface area contributed by atoms with Crippen molar-refractivity contribution in [3.63, 3.8) is 0 Å². The highest BCUT2D eigenvalue weighted by Gasteiger charge is 2.32. The maximum atomic E-state index is 12.7. The largest absolute Gasteiger partial charge is 0.388 e. The van der Waals surface area contributed by atoms with E-state index >= 15 is 0 Å². The van der Waals surface area contributed by atoms with Crippen LogP contribution in [0.15, 0.2) is 24.3 Å². The van der Waals surface area contributed by atoms with Gasteiger partial charge in [0.1, 0.15) is 0 Å². The van der Waals surface area contributed by atoms with E-state index in [1.807, 2.05) is 31.3 Å². The second kappa shape index (κ2) is 4.59. The van der Waals surface area contributed by atoms with Crippen molar-refractivity contribution in [2.24, 2.45) is 7.05 Å². The zero-order valence-corrected chi connectivity index (χ0v) is 11.8. The molecule has 0 bridgehead atoms. The molecule has 2 heterocycles. The summed E-state index contributed by atoms with van der Waals surface area (Å²) in [4.78, 5) is 14.4. The number of carbonyl (C=O) groups excluding carboxylic acids is 1. The number of likely N-dealkylation sites (tertiary alicyclic amines) is 1. The second-order valence-electron chi connectivity index (χ2n) is 5.82. The summed E-state index contributed by atoms with van der Waals surface area (Å²) >= 11 is 0. The zero-order valence-electron chi connectivity index (χ0n) is 11.8. The third kappa shape index (κ3) is 2.18. The number of β-amino-alcohol motifs (C(OH)–C–C–N with tert-alkyl or cyclic N) is 1. The van der Waals surface area contributed by atoms with Gasteiger partial charge in [-0.15, -0.1) is 0 Å². The van der Waals surface area contributed by atoms with Crippen LogP contribution in [0.4, 0.5) is 0 Å². The maximum Gasteiger partial charge on any atom is 0.275 e. The van der Waals surface area contributed by atoms with Gasteiger partial charge >= 0.3 is 0 Å². The monoisotopic (exact) mass is 273 g/mol. The normalized spacial score (nSPS) is 23.2. The quantitative estimate of drug-likeness (QED) is 0.858. The number of rotatable bonds is 1. The number of fused-ring (bicyclic) bond motifs is 1. The predicted molar refractivity (Wildman–Crippen MR) is 76.5 cm³/mol. The molecule has 1 atom stereocenters. The fraction of sp³-hybridized carbons (Fsp3) is 0.467. The third-order valence-electron chi connectivity index (χ3n) is 3.92. The van der Waals surface area contributed by atoms with Crippen LogP contribution >= 0.6 is 0 Å². The number of aromatic nitrogens is 2. The average molecular weight is 273 g/mol. The fourth-order valence-corrected chi connectivity index (χ4v) is 2.91. The molecule has 0 spiro atoms. The summed E-state index contributed by atoms with van der Waals surface area (Å²) < 4.78 is 1.73. The molecular weight excluding hydrogens is 254 g/mol. The molecule has 0 radical (unpaired) electrons. The van der Waals surface area contributed by atoms with E-state index < -0.39 is 5.60 Å². The van der Waals surface area contributed by atoms with Gasteiger partial charge in [-0.05, 0) is 25.8 Å². The minimum atomic E-state index is -0.793. The third-order valence-corrected chi connectivity index (χ3v) is 3.92. The van der Waals surface area contributed by atoms with Crippen molar-refractivity contribution in [2.45, 2.75) is 25.4 Å². The van der Waals surface area contributed by atoms with Crippen molar-refractivity contribution in [3.8, 4) is 0 Å². The molecule has 1 aliphatic heterocycles. The lowest BCUT2D eigenvalue weighted by Gasteiger charge is -2.36. The lowest BCUT2D eigenvalue weighted by molar-refractivity contribution is -0.0109. The SMILES string of the molecule is Cn1nc(C(=O)N2CCCC(C)(O)C2)c2ccccc21. The average Bonchev–Trinajstić information content (AvgIpc) is 2.75. The highest BCUT2D eigenvalue weighted by Crippen LogP contribution is 2.24. The topological polar surface area (TPSA) is 58.4 Å². The molecule has 2 aromatic rings. The van der Waals surface area contributed by atoms with Gasteiger partial charge < -0.3 is 10.0 Å². The van der Waals surface area contributed by atoms with Crippen LogP contribution in [0, 0.1) is 0 Å². The minimum Gasteiger partial charge on any atom is -0.388 e. The van der Waals surface area contributed by atoms with Gasteiger partial charge in [-0.1, -0.05) is 18.2 Å². The van der Waals surface area contributed by atoms with Gasteiger partial charge in [-0.25, -0.2) is 0 Å². The van der Waals surface area contributed by atoms with E-state index in [2.05, 4.69) is 5.10 Å². The zero-order chi connectivity index (χ0) is 14.3. The number of nitrogens with zero attached hydrogens (tertiary/aromatic N) is 3. The first kappa shape index (κ1) is 13.1. The standard InChI is InChI=1S/C15H19N3O2/c1-15(20)8-5-9-18(10-15)14(19)13-11-6-3-4-7-12(11)17(2)16-13/h3-4,6-7,20H,5,8-10H2,1-2H3. The number of hydrogen-bond donors (Lipinski definition) is 1. The first-order valence-corrected chi connectivity index (χ1v) is 6.91. The highest BCUT2D eigenvalue weighted by atomic mass is 16.3. The van der Waals surface area contributed by atoms with Crippen LogP contribution in [0.25, 0.3) is 10.9 Å². The molecule has 20 heavy (non-hydrogen) atoms. The van der Waals surface area contributed by atoms with Gasteiger partial charge in [0.2, 0.25) is 0 Å². The van der Waals surface area contributed by atoms with Crippen molar-refractivity contribution in [1.82, 2.24) is 14.7 Å². The van der Waals surface area contributed by atoms with E-state index in [1.165, 1.54) is 0 Å². The van der Waals surface area contributed by atoms with Gasteiger partial charge in [0.25, 0.3) is 5.91 Å². The van der Waals surface area contributed by atoms with Crippen LogP contribution in [-0.2, 0) is 7.05 Å². The Morgan fingerprint density at radius 3 is 2.90 bits per heavy atom. The van der Waals surface area contributed by atoms with Gasteiger partial charge in [0, 0.05) is 25.5 Å².